The monoisotopic (exact) mass is 489 g/mol. The third kappa shape index (κ3) is 3.44. The zero-order chi connectivity index (χ0) is 25.9. The summed E-state index contributed by atoms with van der Waals surface area (Å²) in [7, 11) is 0. The number of hydrogen-bond donors (Lipinski definition) is 0. The maximum Gasteiger partial charge on any atom is 0.132 e. The summed E-state index contributed by atoms with van der Waals surface area (Å²) in [5.41, 5.74) is 8.10. The molecular weight excluding hydrogens is 466 g/mol. The van der Waals surface area contributed by atoms with Crippen LogP contribution < -0.4 is 4.74 Å². The predicted molar refractivity (Wildman–Crippen MR) is 151 cm³/mol. The molecule has 0 saturated heterocycles. The fourth-order valence-electron chi connectivity index (χ4n) is 5.46. The van der Waals surface area contributed by atoms with E-state index < -0.39 is 0 Å². The number of para-hydroxylation sites is 1. The number of rotatable bonds is 2. The average molecular weight is 490 g/mol. The van der Waals surface area contributed by atoms with Crippen LogP contribution in [0.4, 0.5) is 0 Å². The molecule has 180 valence electrons. The SMILES string of the molecule is CC1(C)c2ccccc2Oc2cc(-c3ccc4ccc5ccc(-c6cccc(C#N)c6)nc5c4n3)ccc21. The van der Waals surface area contributed by atoms with Crippen molar-refractivity contribution in [2.24, 2.45) is 0 Å². The number of nitriles is 1. The molecule has 0 bridgehead atoms. The Balaban J connectivity index is 1.36. The summed E-state index contributed by atoms with van der Waals surface area (Å²) in [5.74, 6) is 1.76. The number of aromatic nitrogens is 2. The molecule has 0 amide bonds. The molecule has 0 aliphatic carbocycles. The topological polar surface area (TPSA) is 58.8 Å². The Labute approximate surface area is 220 Å². The molecule has 4 heteroatoms. The first-order valence-electron chi connectivity index (χ1n) is 12.6. The van der Waals surface area contributed by atoms with Gasteiger partial charge in [-0.1, -0.05) is 80.6 Å². The molecule has 0 fully saturated rings. The molecule has 0 atom stereocenters. The Morgan fingerprint density at radius 2 is 1.26 bits per heavy atom. The molecule has 6 aromatic rings. The minimum absolute atomic E-state index is 0.154. The molecule has 0 radical (unpaired) electrons. The van der Waals surface area contributed by atoms with Crippen LogP contribution in [0.25, 0.3) is 44.3 Å². The molecule has 4 nitrogen and oxygen atoms in total. The van der Waals surface area contributed by atoms with Crippen LogP contribution in [0.15, 0.2) is 103 Å². The molecule has 0 N–H and O–H groups in total. The van der Waals surface area contributed by atoms with Crippen LogP contribution in [0.2, 0.25) is 0 Å². The number of pyridine rings is 2. The summed E-state index contributed by atoms with van der Waals surface area (Å²) in [6, 6.07) is 36.7. The van der Waals surface area contributed by atoms with Gasteiger partial charge < -0.3 is 4.74 Å². The predicted octanol–water partition coefficient (Wildman–Crippen LogP) is 8.42. The molecular formula is C34H23N3O. The minimum Gasteiger partial charge on any atom is -0.457 e. The minimum atomic E-state index is -0.154. The van der Waals surface area contributed by atoms with Crippen LogP contribution in [-0.2, 0) is 5.41 Å². The van der Waals surface area contributed by atoms with Crippen molar-refractivity contribution < 1.29 is 4.74 Å². The molecule has 0 unspecified atom stereocenters. The molecule has 0 spiro atoms. The summed E-state index contributed by atoms with van der Waals surface area (Å²) in [6.07, 6.45) is 0. The fraction of sp³-hybridized carbons (Fsp3) is 0.0882. The standard InChI is InChI=1S/C34H23N3O/c1-34(2)26-8-3-4-9-30(26)38-31-19-25(12-15-27(31)34)29-17-14-23-11-10-22-13-16-28(36-32(22)33(23)37-29)24-7-5-6-21(18-24)20-35/h3-19H,1-2H3. The van der Waals surface area contributed by atoms with Gasteiger partial charge in [0.2, 0.25) is 0 Å². The van der Waals surface area contributed by atoms with Crippen LogP contribution in [0.5, 0.6) is 11.5 Å². The van der Waals surface area contributed by atoms with Gasteiger partial charge in [-0.05, 0) is 36.4 Å². The smallest absolute Gasteiger partial charge is 0.132 e. The molecule has 3 heterocycles. The Kier molecular flexibility index (Phi) is 4.83. The highest BCUT2D eigenvalue weighted by molar-refractivity contribution is 6.04. The van der Waals surface area contributed by atoms with E-state index in [0.717, 1.165) is 61.4 Å². The first kappa shape index (κ1) is 22.2. The van der Waals surface area contributed by atoms with E-state index in [1.165, 1.54) is 5.56 Å². The number of ether oxygens (including phenoxy) is 1. The van der Waals surface area contributed by atoms with Crippen molar-refractivity contribution in [3.05, 3.63) is 120 Å². The van der Waals surface area contributed by atoms with Gasteiger partial charge in [-0.25, -0.2) is 9.97 Å². The number of hydrogen-bond acceptors (Lipinski definition) is 4. The lowest BCUT2D eigenvalue weighted by atomic mass is 9.75. The largest absolute Gasteiger partial charge is 0.457 e. The molecule has 1 aliphatic rings. The highest BCUT2D eigenvalue weighted by Crippen LogP contribution is 2.48. The van der Waals surface area contributed by atoms with Crippen molar-refractivity contribution in [1.29, 1.82) is 5.26 Å². The van der Waals surface area contributed by atoms with E-state index in [0.29, 0.717) is 5.56 Å². The first-order chi connectivity index (χ1) is 18.5. The molecule has 0 saturated carbocycles. The van der Waals surface area contributed by atoms with E-state index in [-0.39, 0.29) is 5.41 Å². The Morgan fingerprint density at radius 1 is 0.632 bits per heavy atom. The summed E-state index contributed by atoms with van der Waals surface area (Å²) in [6.45, 7) is 4.48. The van der Waals surface area contributed by atoms with Crippen molar-refractivity contribution in [2.45, 2.75) is 19.3 Å². The van der Waals surface area contributed by atoms with Gasteiger partial charge in [0.25, 0.3) is 0 Å². The third-order valence-corrected chi connectivity index (χ3v) is 7.54. The lowest BCUT2D eigenvalue weighted by Crippen LogP contribution is -2.24. The van der Waals surface area contributed by atoms with Crippen LogP contribution in [0.3, 0.4) is 0 Å². The Bertz CT molecular complexity index is 1950. The quantitative estimate of drug-likeness (QED) is 0.229. The van der Waals surface area contributed by atoms with Crippen molar-refractivity contribution in [2.75, 3.05) is 0 Å². The van der Waals surface area contributed by atoms with E-state index in [1.54, 1.807) is 6.07 Å². The average Bonchev–Trinajstić information content (AvgIpc) is 2.96. The number of benzene rings is 4. The lowest BCUT2D eigenvalue weighted by molar-refractivity contribution is 0.418. The molecule has 7 rings (SSSR count). The van der Waals surface area contributed by atoms with Crippen molar-refractivity contribution in [3.63, 3.8) is 0 Å². The van der Waals surface area contributed by atoms with Crippen molar-refractivity contribution in [1.82, 2.24) is 9.97 Å². The summed E-state index contributed by atoms with van der Waals surface area (Å²) >= 11 is 0. The van der Waals surface area contributed by atoms with Gasteiger partial charge in [-0.3, -0.25) is 0 Å². The second kappa shape index (κ2) is 8.26. The summed E-state index contributed by atoms with van der Waals surface area (Å²) in [4.78, 5) is 10.1. The van der Waals surface area contributed by atoms with Crippen molar-refractivity contribution in [3.8, 4) is 40.1 Å². The molecule has 4 aromatic carbocycles. The van der Waals surface area contributed by atoms with Gasteiger partial charge >= 0.3 is 0 Å². The number of nitrogens with zero attached hydrogens (tertiary/aromatic N) is 3. The van der Waals surface area contributed by atoms with Gasteiger partial charge in [-0.2, -0.15) is 5.26 Å². The fourth-order valence-corrected chi connectivity index (χ4v) is 5.46. The van der Waals surface area contributed by atoms with E-state index in [2.05, 4.69) is 80.6 Å². The van der Waals surface area contributed by atoms with Crippen LogP contribution >= 0.6 is 0 Å². The summed E-state index contributed by atoms with van der Waals surface area (Å²) in [5, 5.41) is 11.4. The first-order valence-corrected chi connectivity index (χ1v) is 12.6. The third-order valence-electron chi connectivity index (χ3n) is 7.54. The van der Waals surface area contributed by atoms with Gasteiger partial charge in [0.05, 0.1) is 34.1 Å². The van der Waals surface area contributed by atoms with E-state index >= 15 is 0 Å². The molecule has 2 aromatic heterocycles. The van der Waals surface area contributed by atoms with Gasteiger partial charge in [0.1, 0.15) is 11.5 Å². The number of fused-ring (bicyclic) bond motifs is 5. The Hall–Kier alpha value is -5.01. The Morgan fingerprint density at radius 3 is 1.97 bits per heavy atom. The second-order valence-corrected chi connectivity index (χ2v) is 10.2. The van der Waals surface area contributed by atoms with Gasteiger partial charge in [0, 0.05) is 38.4 Å². The van der Waals surface area contributed by atoms with E-state index in [4.69, 9.17) is 14.7 Å². The maximum atomic E-state index is 9.32. The highest BCUT2D eigenvalue weighted by atomic mass is 16.5. The zero-order valence-corrected chi connectivity index (χ0v) is 21.1. The summed E-state index contributed by atoms with van der Waals surface area (Å²) < 4.78 is 6.35. The lowest BCUT2D eigenvalue weighted by Gasteiger charge is -2.34. The maximum absolute atomic E-state index is 9.32. The van der Waals surface area contributed by atoms with Gasteiger partial charge in [-0.15, -0.1) is 0 Å². The van der Waals surface area contributed by atoms with E-state index in [9.17, 15) is 5.26 Å². The van der Waals surface area contributed by atoms with Crippen LogP contribution in [0.1, 0.15) is 30.5 Å². The normalized spacial score (nSPS) is 13.4. The van der Waals surface area contributed by atoms with E-state index in [1.807, 2.05) is 36.4 Å². The second-order valence-electron chi connectivity index (χ2n) is 10.2. The zero-order valence-electron chi connectivity index (χ0n) is 21.1. The highest BCUT2D eigenvalue weighted by Gasteiger charge is 2.34. The molecule has 38 heavy (non-hydrogen) atoms. The molecule has 1 aliphatic heterocycles. The van der Waals surface area contributed by atoms with Crippen LogP contribution in [0, 0.1) is 11.3 Å². The van der Waals surface area contributed by atoms with Crippen LogP contribution in [-0.4, -0.2) is 9.97 Å². The van der Waals surface area contributed by atoms with Gasteiger partial charge in [0.15, 0.2) is 0 Å². The van der Waals surface area contributed by atoms with Crippen molar-refractivity contribution >= 4 is 21.8 Å².